The van der Waals surface area contributed by atoms with E-state index in [1.54, 1.807) is 12.3 Å². The lowest BCUT2D eigenvalue weighted by Crippen LogP contribution is -2.39. The quantitative estimate of drug-likeness (QED) is 0.651. The third-order valence-corrected chi connectivity index (χ3v) is 5.46. The fourth-order valence-corrected chi connectivity index (χ4v) is 3.84. The maximum absolute atomic E-state index is 13.2. The van der Waals surface area contributed by atoms with Gasteiger partial charge in [0.25, 0.3) is 5.91 Å². The number of aryl methyl sites for hydroxylation is 1. The second-order valence-corrected chi connectivity index (χ2v) is 7.57. The molecule has 144 valence electrons. The molecule has 6 heteroatoms. The van der Waals surface area contributed by atoms with Crippen LogP contribution in [-0.4, -0.2) is 40.5 Å². The molecular weight excluding hydrogens is 374 g/mol. The van der Waals surface area contributed by atoms with Crippen LogP contribution in [0, 0.1) is 12.8 Å². The summed E-state index contributed by atoms with van der Waals surface area (Å²) in [6, 6.07) is 13.1. The van der Waals surface area contributed by atoms with Crippen LogP contribution >= 0.6 is 11.6 Å². The fraction of sp³-hybridized carbons (Fsp3) is 0.318. The van der Waals surface area contributed by atoms with Gasteiger partial charge in [-0.15, -0.1) is 0 Å². The number of amides is 1. The van der Waals surface area contributed by atoms with Crippen molar-refractivity contribution in [2.45, 2.75) is 19.8 Å². The van der Waals surface area contributed by atoms with Crippen LogP contribution < -0.4 is 4.74 Å². The van der Waals surface area contributed by atoms with E-state index in [1.165, 1.54) is 0 Å². The maximum atomic E-state index is 13.2. The fourth-order valence-electron chi connectivity index (χ4n) is 3.63. The van der Waals surface area contributed by atoms with Gasteiger partial charge >= 0.3 is 0 Å². The Hall–Kier alpha value is -2.66. The number of rotatable bonds is 4. The van der Waals surface area contributed by atoms with Crippen molar-refractivity contribution in [1.29, 1.82) is 0 Å². The summed E-state index contributed by atoms with van der Waals surface area (Å²) < 4.78 is 5.77. The summed E-state index contributed by atoms with van der Waals surface area (Å²) in [6.07, 6.45) is 3.56. The van der Waals surface area contributed by atoms with Crippen molar-refractivity contribution in [3.63, 3.8) is 0 Å². The summed E-state index contributed by atoms with van der Waals surface area (Å²) >= 11 is 6.29. The van der Waals surface area contributed by atoms with Crippen LogP contribution in [0.3, 0.4) is 0 Å². The zero-order chi connectivity index (χ0) is 19.5. The van der Waals surface area contributed by atoms with Crippen LogP contribution in [0.5, 0.6) is 5.88 Å². The van der Waals surface area contributed by atoms with Crippen molar-refractivity contribution in [3.05, 3.63) is 64.9 Å². The SMILES string of the molecule is Cc1cc(C(=O)N2CCC(COc3ccccn3)CC2)c2cccc(Cl)c2n1. The molecule has 1 saturated heterocycles. The Morgan fingerprint density at radius 2 is 2.04 bits per heavy atom. The highest BCUT2D eigenvalue weighted by molar-refractivity contribution is 6.35. The van der Waals surface area contributed by atoms with Gasteiger partial charge in [-0.25, -0.2) is 4.98 Å². The Bertz CT molecular complexity index is 986. The molecule has 2 aromatic heterocycles. The predicted molar refractivity (Wildman–Crippen MR) is 110 cm³/mol. The second kappa shape index (κ2) is 8.15. The number of benzene rings is 1. The molecule has 1 aromatic carbocycles. The molecule has 3 aromatic rings. The molecule has 0 saturated carbocycles. The molecule has 0 spiro atoms. The van der Waals surface area contributed by atoms with E-state index in [9.17, 15) is 4.79 Å². The maximum Gasteiger partial charge on any atom is 0.254 e. The number of pyridine rings is 2. The normalized spacial score (nSPS) is 15.0. The lowest BCUT2D eigenvalue weighted by Gasteiger charge is -2.32. The van der Waals surface area contributed by atoms with Crippen molar-refractivity contribution in [2.24, 2.45) is 5.92 Å². The molecule has 1 amide bonds. The molecule has 0 N–H and O–H groups in total. The van der Waals surface area contributed by atoms with Gasteiger partial charge in [0, 0.05) is 36.4 Å². The first-order chi connectivity index (χ1) is 13.6. The molecule has 28 heavy (non-hydrogen) atoms. The number of ether oxygens (including phenoxy) is 1. The van der Waals surface area contributed by atoms with Crippen LogP contribution in [0.1, 0.15) is 28.9 Å². The molecular formula is C22H22ClN3O2. The van der Waals surface area contributed by atoms with Crippen molar-refractivity contribution >= 4 is 28.4 Å². The van der Waals surface area contributed by atoms with Crippen molar-refractivity contribution < 1.29 is 9.53 Å². The monoisotopic (exact) mass is 395 g/mol. The zero-order valence-electron chi connectivity index (χ0n) is 15.8. The number of para-hydroxylation sites is 1. The van der Waals surface area contributed by atoms with Gasteiger partial charge in [-0.3, -0.25) is 9.78 Å². The first kappa shape index (κ1) is 18.7. The summed E-state index contributed by atoms with van der Waals surface area (Å²) in [7, 11) is 0. The largest absolute Gasteiger partial charge is 0.477 e. The van der Waals surface area contributed by atoms with Crippen LogP contribution in [-0.2, 0) is 0 Å². The van der Waals surface area contributed by atoms with Gasteiger partial charge in [0.1, 0.15) is 0 Å². The molecule has 0 aliphatic carbocycles. The van der Waals surface area contributed by atoms with Crippen molar-refractivity contribution in [3.8, 4) is 5.88 Å². The van der Waals surface area contributed by atoms with E-state index in [0.717, 1.165) is 37.0 Å². The highest BCUT2D eigenvalue weighted by Crippen LogP contribution is 2.27. The minimum absolute atomic E-state index is 0.0434. The van der Waals surface area contributed by atoms with E-state index in [2.05, 4.69) is 9.97 Å². The zero-order valence-corrected chi connectivity index (χ0v) is 16.5. The van der Waals surface area contributed by atoms with E-state index >= 15 is 0 Å². The Balaban J connectivity index is 1.43. The molecule has 0 bridgehead atoms. The Morgan fingerprint density at radius 3 is 2.79 bits per heavy atom. The first-order valence-corrected chi connectivity index (χ1v) is 9.88. The van der Waals surface area contributed by atoms with Crippen LogP contribution in [0.25, 0.3) is 10.9 Å². The number of aromatic nitrogens is 2. The topological polar surface area (TPSA) is 55.3 Å². The number of halogens is 1. The third kappa shape index (κ3) is 3.94. The summed E-state index contributed by atoms with van der Waals surface area (Å²) in [4.78, 5) is 23.8. The number of carbonyl (C=O) groups excluding carboxylic acids is 1. The van der Waals surface area contributed by atoms with Gasteiger partial charge in [-0.05, 0) is 43.9 Å². The van der Waals surface area contributed by atoms with Gasteiger partial charge in [0.15, 0.2) is 0 Å². The van der Waals surface area contributed by atoms with E-state index in [1.807, 2.05) is 48.2 Å². The average molecular weight is 396 g/mol. The summed E-state index contributed by atoms with van der Waals surface area (Å²) in [5.74, 6) is 1.12. The molecule has 1 aliphatic rings. The minimum Gasteiger partial charge on any atom is -0.477 e. The van der Waals surface area contributed by atoms with E-state index in [4.69, 9.17) is 16.3 Å². The first-order valence-electron chi connectivity index (χ1n) is 9.51. The van der Waals surface area contributed by atoms with Gasteiger partial charge < -0.3 is 9.64 Å². The van der Waals surface area contributed by atoms with Crippen LogP contribution in [0.4, 0.5) is 0 Å². The van der Waals surface area contributed by atoms with Crippen LogP contribution in [0.15, 0.2) is 48.7 Å². The third-order valence-electron chi connectivity index (χ3n) is 5.16. The van der Waals surface area contributed by atoms with Gasteiger partial charge in [-0.2, -0.15) is 0 Å². The molecule has 1 fully saturated rings. The molecule has 3 heterocycles. The number of fused-ring (bicyclic) bond motifs is 1. The Labute approximate surface area is 169 Å². The minimum atomic E-state index is 0.0434. The molecule has 0 unspecified atom stereocenters. The molecule has 4 rings (SSSR count). The smallest absolute Gasteiger partial charge is 0.254 e. The van der Waals surface area contributed by atoms with Crippen molar-refractivity contribution in [1.82, 2.24) is 14.9 Å². The average Bonchev–Trinajstić information content (AvgIpc) is 2.73. The lowest BCUT2D eigenvalue weighted by atomic mass is 9.96. The van der Waals surface area contributed by atoms with E-state index < -0.39 is 0 Å². The highest BCUT2D eigenvalue weighted by atomic mass is 35.5. The lowest BCUT2D eigenvalue weighted by molar-refractivity contribution is 0.0661. The number of carbonyl (C=O) groups is 1. The molecule has 5 nitrogen and oxygen atoms in total. The Kier molecular flexibility index (Phi) is 5.44. The molecule has 0 atom stereocenters. The molecule has 0 radical (unpaired) electrons. The standard InChI is InChI=1S/C22H22ClN3O2/c1-15-13-18(17-5-4-6-19(23)21(17)25-15)22(27)26-11-8-16(9-12-26)14-28-20-7-2-3-10-24-20/h2-7,10,13,16H,8-9,11-12,14H2,1H3. The molecule has 1 aliphatic heterocycles. The van der Waals surface area contributed by atoms with Gasteiger partial charge in [-0.1, -0.05) is 29.8 Å². The van der Waals surface area contributed by atoms with E-state index in [0.29, 0.717) is 34.5 Å². The van der Waals surface area contributed by atoms with Crippen molar-refractivity contribution in [2.75, 3.05) is 19.7 Å². The summed E-state index contributed by atoms with van der Waals surface area (Å²) in [6.45, 7) is 3.96. The number of nitrogens with zero attached hydrogens (tertiary/aromatic N) is 3. The second-order valence-electron chi connectivity index (χ2n) is 7.16. The predicted octanol–water partition coefficient (Wildman–Crippen LogP) is 4.52. The van der Waals surface area contributed by atoms with Gasteiger partial charge in [0.2, 0.25) is 5.88 Å². The number of likely N-dealkylation sites (tertiary alicyclic amines) is 1. The van der Waals surface area contributed by atoms with Crippen LogP contribution in [0.2, 0.25) is 5.02 Å². The highest BCUT2D eigenvalue weighted by Gasteiger charge is 2.25. The summed E-state index contributed by atoms with van der Waals surface area (Å²) in [5.41, 5.74) is 2.15. The van der Waals surface area contributed by atoms with E-state index in [-0.39, 0.29) is 5.91 Å². The number of piperidine rings is 1. The Morgan fingerprint density at radius 1 is 1.21 bits per heavy atom. The number of hydrogen-bond donors (Lipinski definition) is 0. The number of hydrogen-bond acceptors (Lipinski definition) is 4. The van der Waals surface area contributed by atoms with Gasteiger partial charge in [0.05, 0.1) is 22.7 Å². The summed E-state index contributed by atoms with van der Waals surface area (Å²) in [5, 5.41) is 1.38.